The van der Waals surface area contributed by atoms with E-state index >= 15 is 0 Å². The van der Waals surface area contributed by atoms with E-state index in [4.69, 9.17) is 26.4 Å². The molecule has 166 valence electrons. The molecule has 0 radical (unpaired) electrons. The molecule has 0 saturated carbocycles. The van der Waals surface area contributed by atoms with E-state index in [1.807, 2.05) is 19.1 Å². The van der Waals surface area contributed by atoms with E-state index in [0.717, 1.165) is 30.6 Å². The van der Waals surface area contributed by atoms with Gasteiger partial charge in [0.15, 0.2) is 11.5 Å². The Morgan fingerprint density at radius 1 is 1.28 bits per heavy atom. The number of aryl methyl sites for hydroxylation is 1. The third-order valence-corrected chi connectivity index (χ3v) is 6.71. The van der Waals surface area contributed by atoms with Gasteiger partial charge in [0.05, 0.1) is 30.2 Å². The first-order valence-electron chi connectivity index (χ1n) is 10.3. The van der Waals surface area contributed by atoms with E-state index < -0.39 is 5.97 Å². The van der Waals surface area contributed by atoms with Crippen LogP contribution in [0.25, 0.3) is 6.08 Å². The molecule has 2 aromatic carbocycles. The smallest absolute Gasteiger partial charge is 0.343 e. The van der Waals surface area contributed by atoms with Crippen LogP contribution in [0.2, 0.25) is 0 Å². The van der Waals surface area contributed by atoms with Gasteiger partial charge in [-0.2, -0.15) is 0 Å². The number of methoxy groups -OCH3 is 1. The number of hydrogen-bond donors (Lipinski definition) is 0. The first kappa shape index (κ1) is 22.5. The fourth-order valence-corrected chi connectivity index (χ4v) is 4.89. The molecule has 4 rings (SSSR count). The molecule has 6 nitrogen and oxygen atoms in total. The SMILES string of the molecule is COc1cc(/C=C2\SC(=S)N(C[C@H]3CCCO3)C2=O)ccc1OC(=O)c1ccccc1C. The number of esters is 1. The minimum absolute atomic E-state index is 0.0409. The monoisotopic (exact) mass is 469 g/mol. The van der Waals surface area contributed by atoms with E-state index in [-0.39, 0.29) is 12.0 Å². The Morgan fingerprint density at radius 3 is 2.81 bits per heavy atom. The molecule has 2 aliphatic rings. The molecule has 2 aromatic rings. The number of thiocarbonyl (C=S) groups is 1. The lowest BCUT2D eigenvalue weighted by Gasteiger charge is -2.18. The van der Waals surface area contributed by atoms with E-state index in [9.17, 15) is 9.59 Å². The van der Waals surface area contributed by atoms with Crippen molar-refractivity contribution in [2.24, 2.45) is 0 Å². The van der Waals surface area contributed by atoms with Crippen molar-refractivity contribution in [1.29, 1.82) is 0 Å². The Bertz CT molecular complexity index is 1090. The second-order valence-electron chi connectivity index (χ2n) is 7.54. The van der Waals surface area contributed by atoms with Crippen LogP contribution in [0.4, 0.5) is 0 Å². The highest BCUT2D eigenvalue weighted by molar-refractivity contribution is 8.26. The van der Waals surface area contributed by atoms with Crippen LogP contribution in [0, 0.1) is 6.92 Å². The molecule has 2 aliphatic heterocycles. The lowest BCUT2D eigenvalue weighted by Crippen LogP contribution is -2.35. The number of ether oxygens (including phenoxy) is 3. The molecular formula is C24H23NO5S2. The zero-order chi connectivity index (χ0) is 22.7. The highest BCUT2D eigenvalue weighted by Crippen LogP contribution is 2.35. The summed E-state index contributed by atoms with van der Waals surface area (Å²) in [5.74, 6) is 0.132. The third kappa shape index (κ3) is 4.87. The van der Waals surface area contributed by atoms with Gasteiger partial charge in [-0.15, -0.1) is 0 Å². The van der Waals surface area contributed by atoms with Crippen LogP contribution < -0.4 is 9.47 Å². The van der Waals surface area contributed by atoms with Gasteiger partial charge in [-0.25, -0.2) is 4.79 Å². The highest BCUT2D eigenvalue weighted by Gasteiger charge is 2.34. The summed E-state index contributed by atoms with van der Waals surface area (Å²) in [5, 5.41) is 0. The Balaban J connectivity index is 1.50. The molecule has 0 spiro atoms. The zero-order valence-electron chi connectivity index (χ0n) is 17.8. The Labute approximate surface area is 196 Å². The predicted molar refractivity (Wildman–Crippen MR) is 128 cm³/mol. The molecule has 8 heteroatoms. The Hall–Kier alpha value is -2.68. The van der Waals surface area contributed by atoms with Gasteiger partial charge in [-0.1, -0.05) is 48.2 Å². The van der Waals surface area contributed by atoms with Gasteiger partial charge < -0.3 is 14.2 Å². The van der Waals surface area contributed by atoms with Crippen molar-refractivity contribution in [3.63, 3.8) is 0 Å². The van der Waals surface area contributed by atoms with Crippen LogP contribution in [0.15, 0.2) is 47.4 Å². The van der Waals surface area contributed by atoms with Gasteiger partial charge >= 0.3 is 5.97 Å². The van der Waals surface area contributed by atoms with Crippen LogP contribution >= 0.6 is 24.0 Å². The molecule has 1 atom stereocenters. The van der Waals surface area contributed by atoms with Gasteiger partial charge in [0.25, 0.3) is 5.91 Å². The number of thioether (sulfide) groups is 1. The maximum absolute atomic E-state index is 12.9. The zero-order valence-corrected chi connectivity index (χ0v) is 19.5. The molecule has 1 amide bonds. The maximum Gasteiger partial charge on any atom is 0.343 e. The van der Waals surface area contributed by atoms with Crippen LogP contribution in [-0.4, -0.2) is 47.5 Å². The highest BCUT2D eigenvalue weighted by atomic mass is 32.2. The van der Waals surface area contributed by atoms with Crippen LogP contribution in [0.5, 0.6) is 11.5 Å². The summed E-state index contributed by atoms with van der Waals surface area (Å²) in [4.78, 5) is 27.6. The van der Waals surface area contributed by atoms with Crippen molar-refractivity contribution in [3.05, 3.63) is 64.1 Å². The quantitative estimate of drug-likeness (QED) is 0.265. The van der Waals surface area contributed by atoms with Crippen molar-refractivity contribution in [2.45, 2.75) is 25.9 Å². The number of nitrogens with zero attached hydrogens (tertiary/aromatic N) is 1. The van der Waals surface area contributed by atoms with Gasteiger partial charge in [0, 0.05) is 6.61 Å². The van der Waals surface area contributed by atoms with Crippen LogP contribution in [0.1, 0.15) is 34.3 Å². The number of hydrogen-bond acceptors (Lipinski definition) is 7. The van der Waals surface area contributed by atoms with E-state index in [1.54, 1.807) is 41.3 Å². The van der Waals surface area contributed by atoms with Crippen molar-refractivity contribution in [3.8, 4) is 11.5 Å². The van der Waals surface area contributed by atoms with Crippen molar-refractivity contribution < 1.29 is 23.8 Å². The molecular weight excluding hydrogens is 446 g/mol. The van der Waals surface area contributed by atoms with Crippen LogP contribution in [-0.2, 0) is 9.53 Å². The minimum atomic E-state index is -0.454. The summed E-state index contributed by atoms with van der Waals surface area (Å²) in [7, 11) is 1.51. The van der Waals surface area contributed by atoms with E-state index in [1.165, 1.54) is 18.9 Å². The van der Waals surface area contributed by atoms with E-state index in [0.29, 0.717) is 32.8 Å². The lowest BCUT2D eigenvalue weighted by molar-refractivity contribution is -0.123. The standard InChI is InChI=1S/C24H23NO5S2/c1-15-6-3-4-8-18(15)23(27)30-19-10-9-16(12-20(19)28-2)13-21-22(26)25(24(31)32-21)14-17-7-5-11-29-17/h3-4,6,8-10,12-13,17H,5,7,11,14H2,1-2H3/b21-13-/t17-/m1/s1. The van der Waals surface area contributed by atoms with Crippen molar-refractivity contribution >= 4 is 46.3 Å². The first-order chi connectivity index (χ1) is 15.5. The average Bonchev–Trinajstić information content (AvgIpc) is 3.39. The maximum atomic E-state index is 12.9. The molecule has 0 unspecified atom stereocenters. The summed E-state index contributed by atoms with van der Waals surface area (Å²) in [6.07, 6.45) is 3.76. The molecule has 2 fully saturated rings. The number of carbonyl (C=O) groups is 2. The molecule has 0 aliphatic carbocycles. The van der Waals surface area contributed by atoms with Gasteiger partial charge in [-0.3, -0.25) is 9.69 Å². The molecule has 2 heterocycles. The minimum Gasteiger partial charge on any atom is -0.493 e. The first-order valence-corrected chi connectivity index (χ1v) is 11.5. The molecule has 0 bridgehead atoms. The fraction of sp³-hybridized carbons (Fsp3) is 0.292. The third-order valence-electron chi connectivity index (χ3n) is 5.34. The van der Waals surface area contributed by atoms with Gasteiger partial charge in [-0.05, 0) is 55.2 Å². The molecule has 0 aromatic heterocycles. The van der Waals surface area contributed by atoms with Crippen LogP contribution in [0.3, 0.4) is 0 Å². The number of carbonyl (C=O) groups excluding carboxylic acids is 2. The second kappa shape index (κ2) is 9.85. The second-order valence-corrected chi connectivity index (χ2v) is 9.22. The summed E-state index contributed by atoms with van der Waals surface area (Å²) in [6, 6.07) is 12.4. The van der Waals surface area contributed by atoms with Gasteiger partial charge in [0.2, 0.25) is 0 Å². The van der Waals surface area contributed by atoms with Crippen molar-refractivity contribution in [1.82, 2.24) is 4.90 Å². The topological polar surface area (TPSA) is 65.1 Å². The van der Waals surface area contributed by atoms with E-state index in [2.05, 4.69) is 0 Å². The number of benzene rings is 2. The average molecular weight is 470 g/mol. The molecule has 0 N–H and O–H groups in total. The Kier molecular flexibility index (Phi) is 6.93. The van der Waals surface area contributed by atoms with Gasteiger partial charge in [0.1, 0.15) is 4.32 Å². The van der Waals surface area contributed by atoms with Crippen molar-refractivity contribution in [2.75, 3.05) is 20.3 Å². The predicted octanol–water partition coefficient (Wildman–Crippen LogP) is 4.60. The summed E-state index contributed by atoms with van der Waals surface area (Å²) in [5.41, 5.74) is 2.07. The molecule has 2 saturated heterocycles. The largest absolute Gasteiger partial charge is 0.493 e. The Morgan fingerprint density at radius 2 is 2.09 bits per heavy atom. The summed E-state index contributed by atoms with van der Waals surface area (Å²) >= 11 is 6.68. The summed E-state index contributed by atoms with van der Waals surface area (Å²) < 4.78 is 17.2. The normalized spacial score (nSPS) is 19.6. The summed E-state index contributed by atoms with van der Waals surface area (Å²) in [6.45, 7) is 3.07. The fourth-order valence-electron chi connectivity index (χ4n) is 3.62. The number of amides is 1. The lowest BCUT2D eigenvalue weighted by atomic mass is 10.1. The molecule has 32 heavy (non-hydrogen) atoms. The number of rotatable bonds is 6.